The summed E-state index contributed by atoms with van der Waals surface area (Å²) in [5.74, 6) is -2.53. The maximum absolute atomic E-state index is 9.92. The Morgan fingerprint density at radius 3 is 1.67 bits per heavy atom. The van der Waals surface area contributed by atoms with E-state index in [4.69, 9.17) is 5.11 Å². The lowest BCUT2D eigenvalue weighted by atomic mass is 10.6. The van der Waals surface area contributed by atoms with Gasteiger partial charge in [0, 0.05) is 24.3 Å². The summed E-state index contributed by atoms with van der Waals surface area (Å²) in [6, 6.07) is 0. The average molecular weight is 256 g/mol. The molecule has 0 atom stereocenters. The molecule has 0 radical (unpaired) electrons. The molecule has 7 nitrogen and oxygen atoms in total. The van der Waals surface area contributed by atoms with Crippen molar-refractivity contribution < 1.29 is 33.8 Å². The van der Waals surface area contributed by atoms with Gasteiger partial charge in [0.2, 0.25) is 0 Å². The van der Waals surface area contributed by atoms with Gasteiger partial charge >= 0.3 is 23.9 Å². The molecule has 1 rings (SSSR count). The van der Waals surface area contributed by atoms with Gasteiger partial charge in [-0.15, -0.1) is 0 Å². The Labute approximate surface area is 103 Å². The number of ether oxygens (including phenoxy) is 2. The van der Waals surface area contributed by atoms with E-state index in [2.05, 4.69) is 22.6 Å². The lowest BCUT2D eigenvalue weighted by Crippen LogP contribution is -1.96. The van der Waals surface area contributed by atoms with Crippen LogP contribution in [0.2, 0.25) is 0 Å². The number of carbonyl (C=O) groups is 4. The third kappa shape index (κ3) is 13.3. The number of hydrogen-bond acceptors (Lipinski definition) is 6. The Hall–Kier alpha value is -2.70. The van der Waals surface area contributed by atoms with E-state index in [9.17, 15) is 19.2 Å². The standard InChI is InChI=1S/C4H2O3.C4H6O2.C3H4O2/c5-3-1-2-4(6)7-3;1-3-4(5)6-2;1-2-3(4)5/h1-2H;3H,1H2,2H3;2H,1H2,(H,4,5). The van der Waals surface area contributed by atoms with Crippen LogP contribution in [0.15, 0.2) is 37.5 Å². The molecule has 1 aliphatic heterocycles. The summed E-state index contributed by atoms with van der Waals surface area (Å²) in [6.45, 7) is 6.12. The maximum Gasteiger partial charge on any atom is 0.338 e. The Balaban J connectivity index is 0. The zero-order chi connectivity index (χ0) is 14.6. The molecule has 0 saturated heterocycles. The van der Waals surface area contributed by atoms with Crippen molar-refractivity contribution in [3.05, 3.63) is 37.5 Å². The molecule has 0 aromatic heterocycles. The second kappa shape index (κ2) is 10.8. The molecule has 0 aromatic rings. The van der Waals surface area contributed by atoms with Gasteiger partial charge in [-0.2, -0.15) is 0 Å². The molecule has 0 amide bonds. The predicted octanol–water partition coefficient (Wildman–Crippen LogP) is 0.228. The molecule has 7 heteroatoms. The minimum atomic E-state index is -0.981. The van der Waals surface area contributed by atoms with Gasteiger partial charge < -0.3 is 14.6 Å². The quantitative estimate of drug-likeness (QED) is 0.428. The van der Waals surface area contributed by atoms with E-state index in [0.717, 1.165) is 24.3 Å². The van der Waals surface area contributed by atoms with Crippen LogP contribution in [0, 0.1) is 0 Å². The van der Waals surface area contributed by atoms with Crippen molar-refractivity contribution in [2.75, 3.05) is 7.11 Å². The Morgan fingerprint density at radius 1 is 1.22 bits per heavy atom. The topological polar surface area (TPSA) is 107 Å². The largest absolute Gasteiger partial charge is 0.478 e. The molecular weight excluding hydrogens is 244 g/mol. The first-order chi connectivity index (χ1) is 8.37. The van der Waals surface area contributed by atoms with Crippen molar-refractivity contribution in [1.82, 2.24) is 0 Å². The first-order valence-corrected chi connectivity index (χ1v) is 4.37. The van der Waals surface area contributed by atoms with Gasteiger partial charge in [0.25, 0.3) is 0 Å². The van der Waals surface area contributed by atoms with Crippen LogP contribution in [0.1, 0.15) is 0 Å². The molecule has 18 heavy (non-hydrogen) atoms. The molecule has 98 valence electrons. The van der Waals surface area contributed by atoms with Crippen molar-refractivity contribution >= 4 is 23.9 Å². The Morgan fingerprint density at radius 2 is 1.61 bits per heavy atom. The molecule has 0 fully saturated rings. The smallest absolute Gasteiger partial charge is 0.338 e. The SMILES string of the molecule is C=CC(=O)O.C=CC(=O)OC.O=C1C=CC(=O)O1. The predicted molar refractivity (Wildman–Crippen MR) is 60.3 cm³/mol. The lowest BCUT2D eigenvalue weighted by Gasteiger charge is -1.83. The average Bonchev–Trinajstić information content (AvgIpc) is 2.73. The Bertz CT molecular complexity index is 363. The van der Waals surface area contributed by atoms with Crippen molar-refractivity contribution in [3.63, 3.8) is 0 Å². The van der Waals surface area contributed by atoms with Crippen LogP contribution in [0.25, 0.3) is 0 Å². The summed E-state index contributed by atoms with van der Waals surface area (Å²) in [4.78, 5) is 38.9. The zero-order valence-corrected chi connectivity index (χ0v) is 9.62. The van der Waals surface area contributed by atoms with E-state index in [1.807, 2.05) is 0 Å². The minimum absolute atomic E-state index is 0.394. The summed E-state index contributed by atoms with van der Waals surface area (Å²) in [6.07, 6.45) is 4.12. The first kappa shape index (κ1) is 17.7. The van der Waals surface area contributed by atoms with E-state index in [1.165, 1.54) is 7.11 Å². The second-order valence-corrected chi connectivity index (χ2v) is 2.34. The summed E-state index contributed by atoms with van der Waals surface area (Å²) in [5, 5.41) is 7.60. The molecule has 0 bridgehead atoms. The number of carboxylic acids is 1. The number of cyclic esters (lactones) is 2. The van der Waals surface area contributed by atoms with Crippen LogP contribution in [-0.2, 0) is 28.7 Å². The van der Waals surface area contributed by atoms with Crippen LogP contribution in [0.4, 0.5) is 0 Å². The maximum atomic E-state index is 9.92. The molecule has 1 aliphatic rings. The highest BCUT2D eigenvalue weighted by Gasteiger charge is 2.10. The van der Waals surface area contributed by atoms with Gasteiger partial charge in [-0.25, -0.2) is 19.2 Å². The van der Waals surface area contributed by atoms with Gasteiger partial charge in [-0.1, -0.05) is 13.2 Å². The monoisotopic (exact) mass is 256 g/mol. The number of aliphatic carboxylic acids is 1. The van der Waals surface area contributed by atoms with Crippen molar-refractivity contribution in [1.29, 1.82) is 0 Å². The molecule has 0 aliphatic carbocycles. The van der Waals surface area contributed by atoms with E-state index in [1.54, 1.807) is 0 Å². The van der Waals surface area contributed by atoms with Gasteiger partial charge in [0.15, 0.2) is 0 Å². The molecule has 1 heterocycles. The number of methoxy groups -OCH3 is 1. The fraction of sp³-hybridized carbons (Fsp3) is 0.0909. The molecule has 0 spiro atoms. The molecular formula is C11H12O7. The second-order valence-electron chi connectivity index (χ2n) is 2.34. The summed E-state index contributed by atoms with van der Waals surface area (Å²) < 4.78 is 8.11. The highest BCUT2D eigenvalue weighted by atomic mass is 16.6. The fourth-order valence-electron chi connectivity index (χ4n) is 0.387. The van der Waals surface area contributed by atoms with Gasteiger partial charge in [-0.05, 0) is 0 Å². The van der Waals surface area contributed by atoms with Gasteiger partial charge in [-0.3, -0.25) is 0 Å². The number of hydrogen-bond donors (Lipinski definition) is 1. The lowest BCUT2D eigenvalue weighted by molar-refractivity contribution is -0.150. The normalized spacial score (nSPS) is 10.9. The van der Waals surface area contributed by atoms with Crippen LogP contribution in [0.5, 0.6) is 0 Å². The molecule has 1 N–H and O–H groups in total. The van der Waals surface area contributed by atoms with Crippen molar-refractivity contribution in [3.8, 4) is 0 Å². The van der Waals surface area contributed by atoms with Gasteiger partial charge in [0.05, 0.1) is 7.11 Å². The molecule has 0 unspecified atom stereocenters. The van der Waals surface area contributed by atoms with Crippen LogP contribution >= 0.6 is 0 Å². The fourth-order valence-corrected chi connectivity index (χ4v) is 0.387. The Kier molecular flexibility index (Phi) is 10.6. The molecule has 0 aromatic carbocycles. The van der Waals surface area contributed by atoms with E-state index in [0.29, 0.717) is 0 Å². The van der Waals surface area contributed by atoms with Crippen molar-refractivity contribution in [2.24, 2.45) is 0 Å². The molecule has 0 saturated carbocycles. The number of carboxylic acid groups (broad SMARTS) is 1. The van der Waals surface area contributed by atoms with Crippen LogP contribution < -0.4 is 0 Å². The van der Waals surface area contributed by atoms with E-state index in [-0.39, 0.29) is 0 Å². The van der Waals surface area contributed by atoms with Crippen molar-refractivity contribution in [2.45, 2.75) is 0 Å². The first-order valence-electron chi connectivity index (χ1n) is 4.37. The number of esters is 3. The number of rotatable bonds is 2. The van der Waals surface area contributed by atoms with Crippen LogP contribution in [0.3, 0.4) is 0 Å². The third-order valence-corrected chi connectivity index (χ3v) is 1.10. The zero-order valence-electron chi connectivity index (χ0n) is 9.62. The summed E-state index contributed by atoms with van der Waals surface area (Å²) in [5.41, 5.74) is 0. The third-order valence-electron chi connectivity index (χ3n) is 1.10. The summed E-state index contributed by atoms with van der Waals surface area (Å²) in [7, 11) is 1.31. The highest BCUT2D eigenvalue weighted by Crippen LogP contribution is 1.92. The van der Waals surface area contributed by atoms with Gasteiger partial charge in [0.1, 0.15) is 0 Å². The summed E-state index contributed by atoms with van der Waals surface area (Å²) >= 11 is 0. The number of carbonyl (C=O) groups excluding carboxylic acids is 3. The van der Waals surface area contributed by atoms with Crippen LogP contribution in [-0.4, -0.2) is 36.1 Å². The highest BCUT2D eigenvalue weighted by molar-refractivity contribution is 6.04. The minimum Gasteiger partial charge on any atom is -0.478 e. The van der Waals surface area contributed by atoms with E-state index >= 15 is 0 Å². The van der Waals surface area contributed by atoms with E-state index < -0.39 is 23.9 Å².